The van der Waals surface area contributed by atoms with E-state index in [0.717, 1.165) is 37.9 Å². The maximum absolute atomic E-state index is 4.71. The number of nitrogens with zero attached hydrogens (tertiary/aromatic N) is 2. The van der Waals surface area contributed by atoms with Gasteiger partial charge in [-0.25, -0.2) is 0 Å². The highest BCUT2D eigenvalue weighted by Gasteiger charge is 2.21. The summed E-state index contributed by atoms with van der Waals surface area (Å²) in [6, 6.07) is 4.32. The van der Waals surface area contributed by atoms with E-state index in [0.29, 0.717) is 0 Å². The molecule has 0 saturated heterocycles. The minimum atomic E-state index is 0.851. The predicted octanol–water partition coefficient (Wildman–Crippen LogP) is 2.60. The van der Waals surface area contributed by atoms with Gasteiger partial charge in [0.1, 0.15) is 0 Å². The van der Waals surface area contributed by atoms with E-state index < -0.39 is 0 Å². The standard InChI is InChI=1S/C14H23N3S/c1-3-15-14(16-11-12-6-7-12)17(2)9-8-13-5-4-10-18-13/h4-5,10,12H,3,6-9,11H2,1-2H3,(H,15,16). The molecule has 1 heterocycles. The van der Waals surface area contributed by atoms with Gasteiger partial charge in [-0.3, -0.25) is 4.99 Å². The number of guanidine groups is 1. The average molecular weight is 265 g/mol. The number of hydrogen-bond acceptors (Lipinski definition) is 2. The van der Waals surface area contributed by atoms with Crippen molar-refractivity contribution in [2.45, 2.75) is 26.2 Å². The lowest BCUT2D eigenvalue weighted by atomic mass is 10.3. The first-order valence-corrected chi connectivity index (χ1v) is 7.69. The summed E-state index contributed by atoms with van der Waals surface area (Å²) in [5, 5.41) is 5.52. The van der Waals surface area contributed by atoms with Gasteiger partial charge in [0.05, 0.1) is 0 Å². The van der Waals surface area contributed by atoms with Crippen LogP contribution in [0.4, 0.5) is 0 Å². The lowest BCUT2D eigenvalue weighted by molar-refractivity contribution is 0.486. The second-order valence-corrected chi connectivity index (χ2v) is 5.92. The van der Waals surface area contributed by atoms with Gasteiger partial charge in [-0.2, -0.15) is 0 Å². The van der Waals surface area contributed by atoms with Gasteiger partial charge in [0.2, 0.25) is 0 Å². The summed E-state index contributed by atoms with van der Waals surface area (Å²) in [5.41, 5.74) is 0. The van der Waals surface area contributed by atoms with Crippen LogP contribution in [0.15, 0.2) is 22.5 Å². The molecule has 1 N–H and O–H groups in total. The molecule has 0 atom stereocenters. The molecule has 3 nitrogen and oxygen atoms in total. The Balaban J connectivity index is 1.81. The van der Waals surface area contributed by atoms with Gasteiger partial charge in [-0.05, 0) is 43.6 Å². The van der Waals surface area contributed by atoms with Crippen molar-refractivity contribution in [2.75, 3.05) is 26.7 Å². The molecule has 1 fully saturated rings. The molecule has 18 heavy (non-hydrogen) atoms. The maximum Gasteiger partial charge on any atom is 0.193 e. The number of hydrogen-bond donors (Lipinski definition) is 1. The van der Waals surface area contributed by atoms with Crippen molar-refractivity contribution < 1.29 is 0 Å². The van der Waals surface area contributed by atoms with Gasteiger partial charge < -0.3 is 10.2 Å². The second kappa shape index (κ2) is 6.78. The highest BCUT2D eigenvalue weighted by Crippen LogP contribution is 2.28. The smallest absolute Gasteiger partial charge is 0.193 e. The van der Waals surface area contributed by atoms with Crippen LogP contribution >= 0.6 is 11.3 Å². The molecule has 100 valence electrons. The van der Waals surface area contributed by atoms with Gasteiger partial charge in [0.25, 0.3) is 0 Å². The van der Waals surface area contributed by atoms with Crippen LogP contribution in [0.1, 0.15) is 24.6 Å². The Morgan fingerprint density at radius 2 is 2.39 bits per heavy atom. The van der Waals surface area contributed by atoms with E-state index in [1.807, 2.05) is 11.3 Å². The summed E-state index contributed by atoms with van der Waals surface area (Å²) in [6.45, 7) is 5.08. The summed E-state index contributed by atoms with van der Waals surface area (Å²) in [7, 11) is 2.13. The molecule has 1 aromatic heterocycles. The minimum absolute atomic E-state index is 0.851. The van der Waals surface area contributed by atoms with Gasteiger partial charge in [-0.1, -0.05) is 6.07 Å². The van der Waals surface area contributed by atoms with Crippen molar-refractivity contribution in [3.05, 3.63) is 22.4 Å². The van der Waals surface area contributed by atoms with Crippen LogP contribution in [0.25, 0.3) is 0 Å². The Hall–Kier alpha value is -1.03. The molecule has 1 aliphatic rings. The predicted molar refractivity (Wildman–Crippen MR) is 79.4 cm³/mol. The molecule has 1 aromatic rings. The monoisotopic (exact) mass is 265 g/mol. The van der Waals surface area contributed by atoms with Crippen LogP contribution in [0.5, 0.6) is 0 Å². The third-order valence-corrected chi connectivity index (χ3v) is 4.10. The molecule has 1 saturated carbocycles. The SMILES string of the molecule is CCNC(=NCC1CC1)N(C)CCc1cccs1. The minimum Gasteiger partial charge on any atom is -0.357 e. The molecule has 0 amide bonds. The first-order chi connectivity index (χ1) is 8.79. The third kappa shape index (κ3) is 4.33. The van der Waals surface area contributed by atoms with E-state index in [-0.39, 0.29) is 0 Å². The fraction of sp³-hybridized carbons (Fsp3) is 0.643. The summed E-state index contributed by atoms with van der Waals surface area (Å²) in [6.07, 6.45) is 3.83. The lowest BCUT2D eigenvalue weighted by Crippen LogP contribution is -2.40. The largest absolute Gasteiger partial charge is 0.357 e. The molecule has 0 aromatic carbocycles. The summed E-state index contributed by atoms with van der Waals surface area (Å²) < 4.78 is 0. The fourth-order valence-corrected chi connectivity index (χ4v) is 2.52. The van der Waals surface area contributed by atoms with Crippen LogP contribution in [0, 0.1) is 5.92 Å². The zero-order valence-corrected chi connectivity index (χ0v) is 12.2. The topological polar surface area (TPSA) is 27.6 Å². The molecule has 0 spiro atoms. The van der Waals surface area contributed by atoms with E-state index >= 15 is 0 Å². The molecular weight excluding hydrogens is 242 g/mol. The van der Waals surface area contributed by atoms with Crippen molar-refractivity contribution in [3.63, 3.8) is 0 Å². The van der Waals surface area contributed by atoms with E-state index in [1.54, 1.807) is 0 Å². The first-order valence-electron chi connectivity index (χ1n) is 6.81. The Kier molecular flexibility index (Phi) is 5.05. The van der Waals surface area contributed by atoms with Gasteiger partial charge in [0.15, 0.2) is 5.96 Å². The zero-order chi connectivity index (χ0) is 12.8. The van der Waals surface area contributed by atoms with Gasteiger partial charge in [-0.15, -0.1) is 11.3 Å². The molecule has 2 rings (SSSR count). The van der Waals surface area contributed by atoms with Crippen LogP contribution in [-0.2, 0) is 6.42 Å². The number of aliphatic imine (C=N–C) groups is 1. The zero-order valence-electron chi connectivity index (χ0n) is 11.4. The molecule has 1 aliphatic carbocycles. The van der Waals surface area contributed by atoms with Crippen LogP contribution in [0.2, 0.25) is 0 Å². The molecule has 0 bridgehead atoms. The number of thiophene rings is 1. The molecule has 4 heteroatoms. The summed E-state index contributed by atoms with van der Waals surface area (Å²) in [4.78, 5) is 8.40. The van der Waals surface area contributed by atoms with E-state index in [1.165, 1.54) is 17.7 Å². The highest BCUT2D eigenvalue weighted by atomic mass is 32.1. The van der Waals surface area contributed by atoms with Crippen LogP contribution < -0.4 is 5.32 Å². The maximum atomic E-state index is 4.71. The summed E-state index contributed by atoms with van der Waals surface area (Å²) >= 11 is 1.83. The average Bonchev–Trinajstić information content (AvgIpc) is 3.05. The third-order valence-electron chi connectivity index (χ3n) is 3.17. The number of nitrogens with one attached hydrogen (secondary N) is 1. The number of rotatable bonds is 6. The van der Waals surface area contributed by atoms with Crippen molar-refractivity contribution in [1.29, 1.82) is 0 Å². The summed E-state index contributed by atoms with van der Waals surface area (Å²) in [5.74, 6) is 1.91. The molecule has 0 aliphatic heterocycles. The second-order valence-electron chi connectivity index (χ2n) is 4.89. The Morgan fingerprint density at radius 1 is 1.56 bits per heavy atom. The Morgan fingerprint density at radius 3 is 3.00 bits per heavy atom. The first kappa shape index (κ1) is 13.4. The molecule has 0 unspecified atom stereocenters. The van der Waals surface area contributed by atoms with E-state index in [9.17, 15) is 0 Å². The van der Waals surface area contributed by atoms with E-state index in [2.05, 4.69) is 41.7 Å². The van der Waals surface area contributed by atoms with Crippen molar-refractivity contribution in [1.82, 2.24) is 10.2 Å². The van der Waals surface area contributed by atoms with Crippen molar-refractivity contribution in [2.24, 2.45) is 10.9 Å². The van der Waals surface area contributed by atoms with Crippen LogP contribution in [0.3, 0.4) is 0 Å². The normalized spacial score (nSPS) is 15.8. The van der Waals surface area contributed by atoms with Gasteiger partial charge >= 0.3 is 0 Å². The van der Waals surface area contributed by atoms with Gasteiger partial charge in [0, 0.05) is 31.6 Å². The highest BCUT2D eigenvalue weighted by molar-refractivity contribution is 7.09. The lowest BCUT2D eigenvalue weighted by Gasteiger charge is -2.21. The number of likely N-dealkylation sites (N-methyl/N-ethyl adjacent to an activating group) is 1. The van der Waals surface area contributed by atoms with Crippen molar-refractivity contribution in [3.8, 4) is 0 Å². The molecular formula is C14H23N3S. The van der Waals surface area contributed by atoms with Crippen LogP contribution in [-0.4, -0.2) is 37.5 Å². The molecule has 0 radical (unpaired) electrons. The Bertz CT molecular complexity index is 368. The van der Waals surface area contributed by atoms with E-state index in [4.69, 9.17) is 4.99 Å². The Labute approximate surface area is 114 Å². The quantitative estimate of drug-likeness (QED) is 0.632. The van der Waals surface area contributed by atoms with Crippen molar-refractivity contribution >= 4 is 17.3 Å². The fourth-order valence-electron chi connectivity index (χ4n) is 1.82.